The number of fused-ring (bicyclic) bond motifs is 1. The highest BCUT2D eigenvalue weighted by atomic mass is 19.4. The van der Waals surface area contributed by atoms with Crippen LogP contribution in [0.3, 0.4) is 0 Å². The van der Waals surface area contributed by atoms with Crippen molar-refractivity contribution >= 4 is 11.9 Å². The van der Waals surface area contributed by atoms with Crippen LogP contribution in [0, 0.1) is 6.17 Å². The van der Waals surface area contributed by atoms with Gasteiger partial charge in [0.15, 0.2) is 0 Å². The topological polar surface area (TPSA) is 66.6 Å². The molecule has 12 heteroatoms. The molecule has 213 valence electrons. The molecular formula is C28H32F4N6O2+. The second kappa shape index (κ2) is 10.2. The number of nitrogens with zero attached hydrogens (tertiary/aromatic N) is 6. The third kappa shape index (κ3) is 4.46. The van der Waals surface area contributed by atoms with Gasteiger partial charge in [-0.3, -0.25) is 18.6 Å². The minimum absolute atomic E-state index is 0. The van der Waals surface area contributed by atoms with Crippen LogP contribution in [0.1, 0.15) is 55.3 Å². The van der Waals surface area contributed by atoms with Gasteiger partial charge < -0.3 is 4.74 Å². The molecule has 2 aromatic heterocycles. The number of azo groups is 1. The van der Waals surface area contributed by atoms with Crippen LogP contribution < -0.4 is 5.69 Å². The predicted octanol–water partition coefficient (Wildman–Crippen LogP) is 5.09. The second-order valence-electron chi connectivity index (χ2n) is 10.8. The molecule has 0 N–H and O–H groups in total. The van der Waals surface area contributed by atoms with E-state index in [1.54, 1.807) is 25.7 Å². The molecule has 8 nitrogen and oxygen atoms in total. The first-order chi connectivity index (χ1) is 18.6. The summed E-state index contributed by atoms with van der Waals surface area (Å²) in [5, 5.41) is 8.42. The number of likely N-dealkylation sites (tertiary alicyclic amines) is 1. The van der Waals surface area contributed by atoms with Crippen LogP contribution in [-0.4, -0.2) is 58.1 Å². The van der Waals surface area contributed by atoms with Gasteiger partial charge in [-0.25, -0.2) is 9.37 Å². The van der Waals surface area contributed by atoms with E-state index in [-0.39, 0.29) is 22.4 Å². The van der Waals surface area contributed by atoms with Crippen molar-refractivity contribution in [2.75, 3.05) is 27.2 Å². The fourth-order valence-corrected chi connectivity index (χ4v) is 6.29. The third-order valence-corrected chi connectivity index (χ3v) is 8.57. The number of hydrogen-bond donors (Lipinski definition) is 0. The molecule has 2 fully saturated rings. The maximum Gasteiger partial charge on any atom is 0.418 e. The standard InChI is InChI=1S/C28H31F3N6O2.FH/c1-18(35-9-4-5-10-35)19-11-23(28(29,30)31)24-16-36(26(38)37(24)15-19)21-8-6-7-20(12-21)27(13-22(14-27)39-3)25-33-32-17-34(25)2;/h6-8,11-12,15-18,22H,4-5,9-10,13-14H2,1-3H3;1H/q+1;/t18-,22?,27?;/m1./s1. The largest absolute Gasteiger partial charge is 0.418 e. The Kier molecular flexibility index (Phi) is 7.20. The normalized spacial score (nSPS) is 24.2. The molecular weight excluding hydrogens is 528 g/mol. The first-order valence-corrected chi connectivity index (χ1v) is 13.2. The highest BCUT2D eigenvalue weighted by molar-refractivity contribution is 5.58. The van der Waals surface area contributed by atoms with Crippen LogP contribution in [-0.2, 0) is 16.3 Å². The number of methoxy groups -OCH3 is 1. The molecule has 0 bridgehead atoms. The average Bonchev–Trinajstić information content (AvgIpc) is 3.64. The molecule has 40 heavy (non-hydrogen) atoms. The van der Waals surface area contributed by atoms with Crippen LogP contribution in [0.2, 0.25) is 0 Å². The molecule has 1 saturated carbocycles. The first kappa shape index (κ1) is 28.2. The zero-order valence-corrected chi connectivity index (χ0v) is 22.6. The summed E-state index contributed by atoms with van der Waals surface area (Å²) in [5.41, 5.74) is -0.111. The van der Waals surface area contributed by atoms with Crippen LogP contribution in [0.25, 0.3) is 11.2 Å². The minimum Gasteiger partial charge on any atom is -0.381 e. The predicted molar refractivity (Wildman–Crippen MR) is 142 cm³/mol. The van der Waals surface area contributed by atoms with Crippen molar-refractivity contribution in [2.45, 2.75) is 56.3 Å². The van der Waals surface area contributed by atoms with E-state index in [1.165, 1.54) is 16.8 Å². The summed E-state index contributed by atoms with van der Waals surface area (Å²) >= 11 is 0. The maximum atomic E-state index is 14.3. The molecule has 2 aliphatic heterocycles. The molecule has 0 amide bonds. The fraction of sp³-hybridized carbons (Fsp3) is 0.464. The van der Waals surface area contributed by atoms with Gasteiger partial charge in [0.25, 0.3) is 0 Å². The highest BCUT2D eigenvalue weighted by Crippen LogP contribution is 2.53. The summed E-state index contributed by atoms with van der Waals surface area (Å²) in [5.74, 6) is 0. The second-order valence-corrected chi connectivity index (χ2v) is 10.8. The Balaban J connectivity index is 0.00000323. The summed E-state index contributed by atoms with van der Waals surface area (Å²) in [6, 6.07) is 8.35. The Morgan fingerprint density at radius 2 is 1.88 bits per heavy atom. The number of pyridine rings is 1. The van der Waals surface area contributed by atoms with Crippen molar-refractivity contribution in [2.24, 2.45) is 10.2 Å². The Morgan fingerprint density at radius 1 is 1.15 bits per heavy atom. The maximum absolute atomic E-state index is 14.3. The zero-order chi connectivity index (χ0) is 27.5. The van der Waals surface area contributed by atoms with Gasteiger partial charge in [-0.2, -0.15) is 13.2 Å². The fourth-order valence-electron chi connectivity index (χ4n) is 6.29. The SMILES string of the molecule is COC1CC([C]2N=NC=[N+]2C)(c2cccc(-n3cc4c(C(F)(F)F)cc([C@@H](C)N5CCCC5)cn4c3=O)c2)C1.F. The Hall–Kier alpha value is -3.38. The van der Waals surface area contributed by atoms with Crippen molar-refractivity contribution in [3.63, 3.8) is 0 Å². The summed E-state index contributed by atoms with van der Waals surface area (Å²) < 4.78 is 52.6. The van der Waals surface area contributed by atoms with Crippen molar-refractivity contribution in [1.29, 1.82) is 0 Å². The number of imidazole rings is 1. The highest BCUT2D eigenvalue weighted by Gasteiger charge is 2.58. The lowest BCUT2D eigenvalue weighted by Gasteiger charge is -2.46. The van der Waals surface area contributed by atoms with E-state index in [2.05, 4.69) is 15.1 Å². The lowest BCUT2D eigenvalue weighted by Crippen LogP contribution is -2.51. The lowest BCUT2D eigenvalue weighted by molar-refractivity contribution is -0.489. The number of alkyl halides is 3. The third-order valence-electron chi connectivity index (χ3n) is 8.57. The van der Waals surface area contributed by atoms with E-state index in [9.17, 15) is 18.0 Å². The Morgan fingerprint density at radius 3 is 2.50 bits per heavy atom. The van der Waals surface area contributed by atoms with E-state index in [0.717, 1.165) is 42.1 Å². The van der Waals surface area contributed by atoms with Gasteiger partial charge in [0.2, 0.25) is 0 Å². The smallest absolute Gasteiger partial charge is 0.381 e. The molecule has 1 radical (unpaired) electrons. The van der Waals surface area contributed by atoms with Gasteiger partial charge in [-0.1, -0.05) is 12.1 Å². The van der Waals surface area contributed by atoms with E-state index in [1.807, 2.05) is 36.7 Å². The van der Waals surface area contributed by atoms with Gasteiger partial charge in [0.05, 0.1) is 40.4 Å². The first-order valence-electron chi connectivity index (χ1n) is 13.2. The van der Waals surface area contributed by atoms with E-state index < -0.39 is 22.8 Å². The van der Waals surface area contributed by atoms with Gasteiger partial charge in [0.1, 0.15) is 0 Å². The van der Waals surface area contributed by atoms with Crippen molar-refractivity contribution < 1.29 is 27.2 Å². The van der Waals surface area contributed by atoms with Crippen LogP contribution in [0.15, 0.2) is 57.7 Å². The summed E-state index contributed by atoms with van der Waals surface area (Å²) in [6.07, 6.45) is 4.13. The average molecular weight is 561 g/mol. The van der Waals surface area contributed by atoms with Crippen molar-refractivity contribution in [3.8, 4) is 5.69 Å². The molecule has 3 aliphatic rings. The summed E-state index contributed by atoms with van der Waals surface area (Å²) in [4.78, 5) is 15.8. The molecule has 1 saturated heterocycles. The van der Waals surface area contributed by atoms with E-state index >= 15 is 0 Å². The number of halogens is 4. The number of aromatic nitrogens is 2. The van der Waals surface area contributed by atoms with Crippen LogP contribution in [0.5, 0.6) is 0 Å². The van der Waals surface area contributed by atoms with Gasteiger partial charge in [-0.15, -0.1) is 0 Å². The quantitative estimate of drug-likeness (QED) is 0.312. The van der Waals surface area contributed by atoms with E-state index in [0.29, 0.717) is 24.1 Å². The van der Waals surface area contributed by atoms with E-state index in [4.69, 9.17) is 4.74 Å². The Labute approximate surface area is 228 Å². The molecule has 1 aromatic carbocycles. The van der Waals surface area contributed by atoms with Crippen LogP contribution >= 0.6 is 0 Å². The lowest BCUT2D eigenvalue weighted by atomic mass is 9.60. The number of ether oxygens (including phenoxy) is 1. The molecule has 0 spiro atoms. The molecule has 1 aliphatic carbocycles. The number of benzene rings is 1. The minimum atomic E-state index is -4.61. The number of hydrogen-bond acceptors (Lipinski definition) is 5. The number of rotatable bonds is 6. The summed E-state index contributed by atoms with van der Waals surface area (Å²) in [7, 11) is 3.55. The molecule has 6 rings (SSSR count). The molecule has 0 unspecified atom stereocenters. The number of likely N-dealkylation sites (N-methyl/N-ethyl adjacent to an activating group) is 1. The molecule has 1 atom stereocenters. The van der Waals surface area contributed by atoms with Crippen molar-refractivity contribution in [1.82, 2.24) is 13.9 Å². The summed E-state index contributed by atoms with van der Waals surface area (Å²) in [6.45, 7) is 3.57. The van der Waals surface area contributed by atoms with Gasteiger partial charge in [-0.05, 0) is 80.1 Å². The zero-order valence-electron chi connectivity index (χ0n) is 22.6. The monoisotopic (exact) mass is 560 g/mol. The molecule has 4 heterocycles. The van der Waals surface area contributed by atoms with Gasteiger partial charge in [0, 0.05) is 25.5 Å². The van der Waals surface area contributed by atoms with Gasteiger partial charge >= 0.3 is 24.4 Å². The van der Waals surface area contributed by atoms with Crippen molar-refractivity contribution in [3.05, 3.63) is 76.1 Å². The van der Waals surface area contributed by atoms with Crippen LogP contribution in [0.4, 0.5) is 17.9 Å². The molecule has 3 aromatic rings. The Bertz CT molecular complexity index is 1530.